The lowest BCUT2D eigenvalue weighted by Gasteiger charge is -2.04. The van der Waals surface area contributed by atoms with Crippen molar-refractivity contribution in [3.63, 3.8) is 0 Å². The van der Waals surface area contributed by atoms with E-state index in [4.69, 9.17) is 0 Å². The predicted octanol–water partition coefficient (Wildman–Crippen LogP) is 4.15. The van der Waals surface area contributed by atoms with E-state index in [-0.39, 0.29) is 0 Å². The average molecular weight is 315 g/mol. The van der Waals surface area contributed by atoms with E-state index in [1.165, 1.54) is 0 Å². The average Bonchev–Trinajstić information content (AvgIpc) is 2.63. The molecule has 0 atom stereocenters. The van der Waals surface area contributed by atoms with Crippen molar-refractivity contribution in [2.45, 2.75) is 13.8 Å². The molecule has 5 heteroatoms. The Bertz CT molecular complexity index is 800. The quantitative estimate of drug-likeness (QED) is 0.679. The van der Waals surface area contributed by atoms with Gasteiger partial charge in [0.2, 0.25) is 0 Å². The number of pyridine rings is 3. The minimum absolute atomic E-state index is 0.668. The van der Waals surface area contributed by atoms with Crippen LogP contribution in [0.5, 0.6) is 0 Å². The number of hydrogen-bond acceptors (Lipinski definition) is 5. The Labute approximate surface area is 140 Å². The van der Waals surface area contributed by atoms with Crippen LogP contribution in [0.3, 0.4) is 0 Å². The van der Waals surface area contributed by atoms with Crippen molar-refractivity contribution >= 4 is 23.1 Å². The number of hydrogen-bond donors (Lipinski definition) is 0. The first-order chi connectivity index (χ1) is 11.7. The van der Waals surface area contributed by atoms with Gasteiger partial charge in [-0.15, -0.1) is 0 Å². The molecule has 0 fully saturated rings. The van der Waals surface area contributed by atoms with Crippen LogP contribution in [0.25, 0.3) is 0 Å². The molecule has 3 heterocycles. The first-order valence-electron chi connectivity index (χ1n) is 7.63. The maximum absolute atomic E-state index is 4.65. The van der Waals surface area contributed by atoms with Gasteiger partial charge < -0.3 is 0 Å². The van der Waals surface area contributed by atoms with Gasteiger partial charge >= 0.3 is 0 Å². The number of aliphatic imine (C=N–C) groups is 2. The summed E-state index contributed by atoms with van der Waals surface area (Å²) in [5.74, 6) is 1.34. The molecule has 0 amide bonds. The van der Waals surface area contributed by atoms with E-state index in [1.54, 1.807) is 12.4 Å². The minimum atomic E-state index is 0.668. The Morgan fingerprint density at radius 1 is 0.667 bits per heavy atom. The van der Waals surface area contributed by atoms with Crippen LogP contribution in [0.2, 0.25) is 0 Å². The van der Waals surface area contributed by atoms with Gasteiger partial charge in [0.25, 0.3) is 0 Å². The number of nitrogens with zero attached hydrogens (tertiary/aromatic N) is 5. The summed E-state index contributed by atoms with van der Waals surface area (Å²) in [5, 5.41) is 0. The van der Waals surface area contributed by atoms with Crippen LogP contribution in [0.15, 0.2) is 77.0 Å². The second-order valence-electron chi connectivity index (χ2n) is 5.18. The molecule has 0 saturated carbocycles. The smallest absolute Gasteiger partial charge is 0.152 e. The third kappa shape index (κ3) is 3.95. The zero-order valence-corrected chi connectivity index (χ0v) is 13.6. The Kier molecular flexibility index (Phi) is 4.81. The summed E-state index contributed by atoms with van der Waals surface area (Å²) >= 11 is 0. The van der Waals surface area contributed by atoms with Crippen molar-refractivity contribution in [2.75, 3.05) is 0 Å². The van der Waals surface area contributed by atoms with Gasteiger partial charge in [-0.25, -0.2) is 24.9 Å². The lowest BCUT2D eigenvalue weighted by molar-refractivity contribution is 1.21. The Hall–Kier alpha value is -3.21. The van der Waals surface area contributed by atoms with Crippen LogP contribution in [0.1, 0.15) is 25.2 Å². The third-order valence-corrected chi connectivity index (χ3v) is 3.35. The van der Waals surface area contributed by atoms with Crippen LogP contribution < -0.4 is 0 Å². The van der Waals surface area contributed by atoms with E-state index >= 15 is 0 Å². The zero-order chi connectivity index (χ0) is 16.8. The fourth-order valence-electron chi connectivity index (χ4n) is 2.14. The van der Waals surface area contributed by atoms with E-state index in [9.17, 15) is 0 Å². The van der Waals surface area contributed by atoms with E-state index in [2.05, 4.69) is 24.9 Å². The largest absolute Gasteiger partial charge is 0.245 e. The summed E-state index contributed by atoms with van der Waals surface area (Å²) in [7, 11) is 0. The molecule has 0 bridgehead atoms. The standard InChI is InChI=1S/C19H17N5/c1-14(22-18-10-3-5-12-20-18)16-8-7-9-17(24-16)15(2)23-19-11-4-6-13-21-19/h3-13H,1-2H3. The summed E-state index contributed by atoms with van der Waals surface area (Å²) in [6.07, 6.45) is 3.44. The van der Waals surface area contributed by atoms with Gasteiger partial charge in [0.05, 0.1) is 22.8 Å². The molecule has 0 saturated heterocycles. The van der Waals surface area contributed by atoms with Gasteiger partial charge in [0.15, 0.2) is 11.6 Å². The molecule has 5 nitrogen and oxygen atoms in total. The topological polar surface area (TPSA) is 63.4 Å². The normalized spacial score (nSPS) is 12.2. The first-order valence-corrected chi connectivity index (χ1v) is 7.63. The highest BCUT2D eigenvalue weighted by Crippen LogP contribution is 2.12. The molecule has 118 valence electrons. The molecule has 0 radical (unpaired) electrons. The van der Waals surface area contributed by atoms with Crippen LogP contribution in [0.4, 0.5) is 11.6 Å². The fraction of sp³-hybridized carbons (Fsp3) is 0.105. The molecular formula is C19H17N5. The SMILES string of the molecule is CC(=Nc1ccccn1)c1cccc(C(C)=Nc2ccccn2)n1. The molecule has 0 N–H and O–H groups in total. The molecular weight excluding hydrogens is 298 g/mol. The molecule has 3 rings (SSSR count). The molecule has 0 aromatic carbocycles. The Morgan fingerprint density at radius 3 is 1.58 bits per heavy atom. The van der Waals surface area contributed by atoms with E-state index in [0.29, 0.717) is 11.6 Å². The molecule has 3 aromatic heterocycles. The van der Waals surface area contributed by atoms with Crippen molar-refractivity contribution in [3.8, 4) is 0 Å². The predicted molar refractivity (Wildman–Crippen MR) is 96.5 cm³/mol. The number of rotatable bonds is 4. The van der Waals surface area contributed by atoms with Crippen LogP contribution in [-0.2, 0) is 0 Å². The number of aromatic nitrogens is 3. The summed E-state index contributed by atoms with van der Waals surface area (Å²) in [6, 6.07) is 17.1. The zero-order valence-electron chi connectivity index (χ0n) is 13.6. The van der Waals surface area contributed by atoms with E-state index in [1.807, 2.05) is 68.4 Å². The third-order valence-electron chi connectivity index (χ3n) is 3.35. The summed E-state index contributed by atoms with van der Waals surface area (Å²) in [6.45, 7) is 3.85. The van der Waals surface area contributed by atoms with Gasteiger partial charge in [-0.3, -0.25) is 0 Å². The molecule has 24 heavy (non-hydrogen) atoms. The van der Waals surface area contributed by atoms with Gasteiger partial charge in [0, 0.05) is 12.4 Å². The summed E-state index contributed by atoms with van der Waals surface area (Å²) in [5.41, 5.74) is 3.21. The minimum Gasteiger partial charge on any atom is -0.245 e. The second kappa shape index (κ2) is 7.37. The van der Waals surface area contributed by atoms with Crippen LogP contribution in [0, 0.1) is 0 Å². The maximum atomic E-state index is 4.65. The van der Waals surface area contributed by atoms with Crippen molar-refractivity contribution in [1.29, 1.82) is 0 Å². The van der Waals surface area contributed by atoms with Gasteiger partial charge in [-0.2, -0.15) is 0 Å². The molecule has 0 spiro atoms. The fourth-order valence-corrected chi connectivity index (χ4v) is 2.14. The first kappa shape index (κ1) is 15.7. The monoisotopic (exact) mass is 315 g/mol. The molecule has 0 aliphatic rings. The van der Waals surface area contributed by atoms with Gasteiger partial charge in [-0.05, 0) is 50.2 Å². The van der Waals surface area contributed by atoms with E-state index in [0.717, 1.165) is 22.8 Å². The van der Waals surface area contributed by atoms with Crippen molar-refractivity contribution < 1.29 is 0 Å². The highest BCUT2D eigenvalue weighted by Gasteiger charge is 2.05. The summed E-state index contributed by atoms with van der Waals surface area (Å²) < 4.78 is 0. The highest BCUT2D eigenvalue weighted by molar-refractivity contribution is 6.02. The molecule has 0 aliphatic carbocycles. The van der Waals surface area contributed by atoms with Crippen molar-refractivity contribution in [2.24, 2.45) is 9.98 Å². The molecule has 0 unspecified atom stereocenters. The van der Waals surface area contributed by atoms with Crippen molar-refractivity contribution in [3.05, 3.63) is 78.4 Å². The Morgan fingerprint density at radius 2 is 1.17 bits per heavy atom. The maximum Gasteiger partial charge on any atom is 0.152 e. The summed E-state index contributed by atoms with van der Waals surface area (Å²) in [4.78, 5) is 22.1. The second-order valence-corrected chi connectivity index (χ2v) is 5.18. The van der Waals surface area contributed by atoms with Gasteiger partial charge in [0.1, 0.15) is 0 Å². The van der Waals surface area contributed by atoms with Crippen LogP contribution >= 0.6 is 0 Å². The van der Waals surface area contributed by atoms with Crippen LogP contribution in [-0.4, -0.2) is 26.4 Å². The lowest BCUT2D eigenvalue weighted by atomic mass is 10.2. The Balaban J connectivity index is 1.89. The highest BCUT2D eigenvalue weighted by atomic mass is 14.9. The molecule has 0 aliphatic heterocycles. The van der Waals surface area contributed by atoms with E-state index < -0.39 is 0 Å². The lowest BCUT2D eigenvalue weighted by Crippen LogP contribution is -2.05. The molecule has 3 aromatic rings. The van der Waals surface area contributed by atoms with Gasteiger partial charge in [-0.1, -0.05) is 18.2 Å². The van der Waals surface area contributed by atoms with Crippen molar-refractivity contribution in [1.82, 2.24) is 15.0 Å².